The molecule has 17 heavy (non-hydrogen) atoms. The summed E-state index contributed by atoms with van der Waals surface area (Å²) >= 11 is 0. The van der Waals surface area contributed by atoms with Gasteiger partial charge in [-0.2, -0.15) is 0 Å². The first kappa shape index (κ1) is 11.5. The first-order valence-corrected chi connectivity index (χ1v) is 5.22. The number of ether oxygens (including phenoxy) is 1. The number of aromatic nitrogens is 1. The zero-order valence-electron chi connectivity index (χ0n) is 9.43. The Hall–Kier alpha value is -1.94. The molecule has 2 aromatic rings. The number of methoxy groups -OCH3 is 1. The maximum atomic E-state index is 13.5. The molecule has 0 saturated carbocycles. The zero-order valence-corrected chi connectivity index (χ0v) is 9.43. The fraction of sp³-hybridized carbons (Fsp3) is 0.154. The summed E-state index contributed by atoms with van der Waals surface area (Å²) in [6, 6.07) is 9.51. The third kappa shape index (κ3) is 2.42. The molecule has 0 amide bonds. The van der Waals surface area contributed by atoms with E-state index in [1.54, 1.807) is 37.4 Å². The lowest BCUT2D eigenvalue weighted by Gasteiger charge is -2.12. The zero-order chi connectivity index (χ0) is 12.3. The van der Waals surface area contributed by atoms with Gasteiger partial charge in [0.15, 0.2) is 0 Å². The predicted molar refractivity (Wildman–Crippen MR) is 63.2 cm³/mol. The van der Waals surface area contributed by atoms with Crippen molar-refractivity contribution in [2.75, 3.05) is 7.11 Å². The second kappa shape index (κ2) is 4.93. The minimum atomic E-state index is -0.567. The molecule has 0 saturated heterocycles. The largest absolute Gasteiger partial charge is 0.497 e. The molecular formula is C13H13FN2O. The molecule has 1 atom stereocenters. The van der Waals surface area contributed by atoms with Crippen LogP contribution in [0.3, 0.4) is 0 Å². The monoisotopic (exact) mass is 232 g/mol. The molecule has 4 heteroatoms. The summed E-state index contributed by atoms with van der Waals surface area (Å²) in [5.41, 5.74) is 7.01. The van der Waals surface area contributed by atoms with Crippen LogP contribution in [0.2, 0.25) is 0 Å². The molecule has 0 spiro atoms. The van der Waals surface area contributed by atoms with Gasteiger partial charge in [0.25, 0.3) is 0 Å². The first-order chi connectivity index (χ1) is 8.22. The minimum Gasteiger partial charge on any atom is -0.497 e. The summed E-state index contributed by atoms with van der Waals surface area (Å²) < 4.78 is 18.6. The van der Waals surface area contributed by atoms with Crippen LogP contribution in [-0.4, -0.2) is 12.1 Å². The van der Waals surface area contributed by atoms with Gasteiger partial charge < -0.3 is 10.5 Å². The topological polar surface area (TPSA) is 48.1 Å². The summed E-state index contributed by atoms with van der Waals surface area (Å²) in [6.07, 6.45) is 1.53. The van der Waals surface area contributed by atoms with E-state index in [9.17, 15) is 4.39 Å². The Kier molecular flexibility index (Phi) is 3.35. The predicted octanol–water partition coefficient (Wildman–Crippen LogP) is 2.28. The number of nitrogens with zero attached hydrogens (tertiary/aromatic N) is 1. The number of rotatable bonds is 3. The molecule has 88 valence electrons. The highest BCUT2D eigenvalue weighted by Crippen LogP contribution is 2.22. The number of hydrogen-bond donors (Lipinski definition) is 1. The molecule has 3 nitrogen and oxygen atoms in total. The fourth-order valence-corrected chi connectivity index (χ4v) is 1.60. The van der Waals surface area contributed by atoms with Crippen molar-refractivity contribution in [1.29, 1.82) is 0 Å². The standard InChI is InChI=1S/C13H13FN2O/c1-17-10-6-4-9(5-7-10)12(15)13-11(14)3-2-8-16-13/h2-8,12H,15H2,1H3. The molecule has 1 aromatic heterocycles. The van der Waals surface area contributed by atoms with Crippen LogP contribution in [0.25, 0.3) is 0 Å². The third-order valence-electron chi connectivity index (χ3n) is 2.56. The average Bonchev–Trinajstić information content (AvgIpc) is 2.39. The molecule has 0 aliphatic rings. The Morgan fingerprint density at radius 3 is 2.53 bits per heavy atom. The average molecular weight is 232 g/mol. The minimum absolute atomic E-state index is 0.248. The van der Waals surface area contributed by atoms with E-state index in [1.807, 2.05) is 0 Å². The van der Waals surface area contributed by atoms with Crippen LogP contribution in [0.4, 0.5) is 4.39 Å². The van der Waals surface area contributed by atoms with Gasteiger partial charge in [0.05, 0.1) is 18.8 Å². The number of hydrogen-bond acceptors (Lipinski definition) is 3. The number of halogens is 1. The summed E-state index contributed by atoms with van der Waals surface area (Å²) in [5, 5.41) is 0. The van der Waals surface area contributed by atoms with E-state index in [2.05, 4.69) is 4.98 Å². The quantitative estimate of drug-likeness (QED) is 0.883. The van der Waals surface area contributed by atoms with Crippen LogP contribution in [0, 0.1) is 5.82 Å². The molecule has 0 bridgehead atoms. The van der Waals surface area contributed by atoms with Crippen LogP contribution < -0.4 is 10.5 Å². The smallest absolute Gasteiger partial charge is 0.146 e. The van der Waals surface area contributed by atoms with Crippen molar-refractivity contribution in [2.45, 2.75) is 6.04 Å². The SMILES string of the molecule is COc1ccc(C(N)c2ncccc2F)cc1. The fourth-order valence-electron chi connectivity index (χ4n) is 1.60. The van der Waals surface area contributed by atoms with Crippen LogP contribution in [0.15, 0.2) is 42.6 Å². The van der Waals surface area contributed by atoms with E-state index in [-0.39, 0.29) is 5.69 Å². The van der Waals surface area contributed by atoms with Crippen molar-refractivity contribution >= 4 is 0 Å². The molecule has 2 N–H and O–H groups in total. The summed E-state index contributed by atoms with van der Waals surface area (Å²) in [7, 11) is 1.59. The van der Waals surface area contributed by atoms with Gasteiger partial charge in [-0.15, -0.1) is 0 Å². The molecule has 1 heterocycles. The summed E-state index contributed by atoms with van der Waals surface area (Å²) in [5.74, 6) is 0.346. The molecular weight excluding hydrogens is 219 g/mol. The maximum absolute atomic E-state index is 13.5. The van der Waals surface area contributed by atoms with Gasteiger partial charge in [0.2, 0.25) is 0 Å². The van der Waals surface area contributed by atoms with Crippen molar-refractivity contribution in [3.05, 3.63) is 59.7 Å². The number of nitrogens with two attached hydrogens (primary N) is 1. The maximum Gasteiger partial charge on any atom is 0.146 e. The van der Waals surface area contributed by atoms with E-state index in [4.69, 9.17) is 10.5 Å². The summed E-state index contributed by atoms with van der Waals surface area (Å²) in [6.45, 7) is 0. The van der Waals surface area contributed by atoms with Crippen LogP contribution >= 0.6 is 0 Å². The highest BCUT2D eigenvalue weighted by molar-refractivity contribution is 5.33. The lowest BCUT2D eigenvalue weighted by molar-refractivity contribution is 0.414. The normalized spacial score (nSPS) is 12.2. The van der Waals surface area contributed by atoms with Crippen molar-refractivity contribution in [3.8, 4) is 5.75 Å². The Morgan fingerprint density at radius 2 is 1.94 bits per heavy atom. The van der Waals surface area contributed by atoms with E-state index in [0.29, 0.717) is 0 Å². The highest BCUT2D eigenvalue weighted by atomic mass is 19.1. The van der Waals surface area contributed by atoms with Crippen molar-refractivity contribution in [1.82, 2.24) is 4.98 Å². The van der Waals surface area contributed by atoms with E-state index >= 15 is 0 Å². The Morgan fingerprint density at radius 1 is 1.24 bits per heavy atom. The van der Waals surface area contributed by atoms with Gasteiger partial charge in [-0.3, -0.25) is 4.98 Å². The summed E-state index contributed by atoms with van der Waals surface area (Å²) in [4.78, 5) is 3.97. The Balaban J connectivity index is 2.30. The van der Waals surface area contributed by atoms with Crippen molar-refractivity contribution in [2.24, 2.45) is 5.73 Å². The van der Waals surface area contributed by atoms with Gasteiger partial charge in [-0.05, 0) is 29.8 Å². The Bertz CT molecular complexity index is 499. The molecule has 0 radical (unpaired) electrons. The third-order valence-corrected chi connectivity index (χ3v) is 2.56. The molecule has 0 fully saturated rings. The van der Waals surface area contributed by atoms with Gasteiger partial charge in [0, 0.05) is 6.20 Å². The lowest BCUT2D eigenvalue weighted by Crippen LogP contribution is -2.15. The van der Waals surface area contributed by atoms with E-state index in [0.717, 1.165) is 11.3 Å². The van der Waals surface area contributed by atoms with Gasteiger partial charge in [-0.25, -0.2) is 4.39 Å². The van der Waals surface area contributed by atoms with Crippen molar-refractivity contribution in [3.63, 3.8) is 0 Å². The van der Waals surface area contributed by atoms with Crippen LogP contribution in [0.5, 0.6) is 5.75 Å². The van der Waals surface area contributed by atoms with Crippen LogP contribution in [0.1, 0.15) is 17.3 Å². The second-order valence-electron chi connectivity index (χ2n) is 3.62. The lowest BCUT2D eigenvalue weighted by atomic mass is 10.0. The first-order valence-electron chi connectivity index (χ1n) is 5.22. The van der Waals surface area contributed by atoms with Gasteiger partial charge in [-0.1, -0.05) is 12.1 Å². The molecule has 0 aliphatic heterocycles. The molecule has 0 aliphatic carbocycles. The van der Waals surface area contributed by atoms with Crippen molar-refractivity contribution < 1.29 is 9.13 Å². The molecule has 2 rings (SSSR count). The Labute approximate surface area is 99.1 Å². The molecule has 1 unspecified atom stereocenters. The highest BCUT2D eigenvalue weighted by Gasteiger charge is 2.14. The molecule has 1 aromatic carbocycles. The van der Waals surface area contributed by atoms with Crippen LogP contribution in [-0.2, 0) is 0 Å². The number of pyridine rings is 1. The number of benzene rings is 1. The second-order valence-corrected chi connectivity index (χ2v) is 3.62. The van der Waals surface area contributed by atoms with Gasteiger partial charge >= 0.3 is 0 Å². The van der Waals surface area contributed by atoms with Gasteiger partial charge in [0.1, 0.15) is 11.6 Å². The van der Waals surface area contributed by atoms with E-state index in [1.165, 1.54) is 12.3 Å². The van der Waals surface area contributed by atoms with E-state index < -0.39 is 11.9 Å².